The molecule has 0 atom stereocenters. The van der Waals surface area contributed by atoms with Gasteiger partial charge in [-0.2, -0.15) is 0 Å². The number of aliphatic carboxylic acids is 1. The molecule has 0 saturated carbocycles. The second kappa shape index (κ2) is 8.05. The van der Waals surface area contributed by atoms with Crippen molar-refractivity contribution >= 4 is 5.97 Å². The van der Waals surface area contributed by atoms with Crippen LogP contribution in [-0.4, -0.2) is 11.1 Å². The van der Waals surface area contributed by atoms with Crippen LogP contribution in [0.15, 0.2) is 24.3 Å². The van der Waals surface area contributed by atoms with Gasteiger partial charge in [-0.15, -0.1) is 0 Å². The third-order valence-electron chi connectivity index (χ3n) is 1.38. The normalized spacial score (nSPS) is 11.4. The average Bonchev–Trinajstić information content (AvgIpc) is 2.02. The summed E-state index contributed by atoms with van der Waals surface area (Å²) >= 11 is 0. The van der Waals surface area contributed by atoms with Crippen molar-refractivity contribution in [2.24, 2.45) is 0 Å². The molecule has 2 heteroatoms. The van der Waals surface area contributed by atoms with Crippen LogP contribution in [0.1, 0.15) is 32.6 Å². The van der Waals surface area contributed by atoms with Crippen molar-refractivity contribution in [3.05, 3.63) is 24.3 Å². The quantitative estimate of drug-likeness (QED) is 0.376. The van der Waals surface area contributed by atoms with Gasteiger partial charge in [-0.1, -0.05) is 31.6 Å². The van der Waals surface area contributed by atoms with E-state index in [0.29, 0.717) is 0 Å². The van der Waals surface area contributed by atoms with Crippen LogP contribution in [-0.2, 0) is 4.79 Å². The summed E-state index contributed by atoms with van der Waals surface area (Å²) in [7, 11) is 0. The maximum Gasteiger partial charge on any atom is 0.327 e. The summed E-state index contributed by atoms with van der Waals surface area (Å²) in [6, 6.07) is 0. The molecule has 0 heterocycles. The maximum atomic E-state index is 10.0. The summed E-state index contributed by atoms with van der Waals surface area (Å²) in [5, 5.41) is 8.25. The molecule has 0 aromatic rings. The lowest BCUT2D eigenvalue weighted by atomic mass is 10.2. The van der Waals surface area contributed by atoms with Crippen molar-refractivity contribution < 1.29 is 9.90 Å². The predicted octanol–water partition coefficient (Wildman–Crippen LogP) is 2.76. The summed E-state index contributed by atoms with van der Waals surface area (Å²) < 4.78 is 0. The highest BCUT2D eigenvalue weighted by Gasteiger charge is 1.83. The molecule has 1 N–H and O–H groups in total. The molecule has 2 nitrogen and oxygen atoms in total. The molecule has 12 heavy (non-hydrogen) atoms. The van der Waals surface area contributed by atoms with Gasteiger partial charge in [0.1, 0.15) is 0 Å². The molecule has 0 aromatic carbocycles. The minimum absolute atomic E-state index is 0.812. The molecule has 0 aliphatic rings. The van der Waals surface area contributed by atoms with Gasteiger partial charge in [0.05, 0.1) is 0 Å². The topological polar surface area (TPSA) is 37.3 Å². The molecule has 0 aliphatic carbocycles. The fourth-order valence-corrected chi connectivity index (χ4v) is 0.779. The predicted molar refractivity (Wildman–Crippen MR) is 50.1 cm³/mol. The van der Waals surface area contributed by atoms with Crippen molar-refractivity contribution in [2.75, 3.05) is 0 Å². The van der Waals surface area contributed by atoms with Gasteiger partial charge < -0.3 is 5.11 Å². The summed E-state index contributed by atoms with van der Waals surface area (Å²) in [6.07, 6.45) is 11.1. The standard InChI is InChI=1S/C10H16O2/c1-2-3-4-5-6-7-8-9-10(11)12/h4-5,8-9H,2-3,6-7H2,1H3,(H,11,12)/b5-4+,9-8-. The number of carbonyl (C=O) groups is 1. The van der Waals surface area contributed by atoms with E-state index >= 15 is 0 Å². The Balaban J connectivity index is 3.26. The van der Waals surface area contributed by atoms with E-state index in [-0.39, 0.29) is 0 Å². The van der Waals surface area contributed by atoms with Crippen LogP contribution < -0.4 is 0 Å². The molecule has 0 aliphatic heterocycles. The van der Waals surface area contributed by atoms with Crippen molar-refractivity contribution in [3.8, 4) is 0 Å². The monoisotopic (exact) mass is 168 g/mol. The van der Waals surface area contributed by atoms with E-state index in [4.69, 9.17) is 5.11 Å². The van der Waals surface area contributed by atoms with E-state index in [0.717, 1.165) is 19.3 Å². The fourth-order valence-electron chi connectivity index (χ4n) is 0.779. The Hall–Kier alpha value is -1.05. The Morgan fingerprint density at radius 1 is 1.17 bits per heavy atom. The molecule has 0 spiro atoms. The second-order valence-electron chi connectivity index (χ2n) is 2.58. The molecule has 0 radical (unpaired) electrons. The first-order valence-electron chi connectivity index (χ1n) is 4.31. The summed E-state index contributed by atoms with van der Waals surface area (Å²) in [6.45, 7) is 2.13. The molecule has 0 unspecified atom stereocenters. The molecular weight excluding hydrogens is 152 g/mol. The molecule has 0 amide bonds. The molecular formula is C10H16O2. The smallest absolute Gasteiger partial charge is 0.327 e. The SMILES string of the molecule is CCC/C=C/CC/C=C\C(=O)O. The minimum atomic E-state index is -0.868. The van der Waals surface area contributed by atoms with Crippen LogP contribution >= 0.6 is 0 Å². The Morgan fingerprint density at radius 2 is 1.75 bits per heavy atom. The number of rotatable bonds is 6. The van der Waals surface area contributed by atoms with Gasteiger partial charge in [0.15, 0.2) is 0 Å². The van der Waals surface area contributed by atoms with Gasteiger partial charge in [-0.3, -0.25) is 0 Å². The zero-order chi connectivity index (χ0) is 9.23. The summed E-state index contributed by atoms with van der Waals surface area (Å²) in [4.78, 5) is 10.0. The average molecular weight is 168 g/mol. The van der Waals surface area contributed by atoms with Crippen molar-refractivity contribution in [1.29, 1.82) is 0 Å². The molecule has 0 saturated heterocycles. The number of hydrogen-bond donors (Lipinski definition) is 1. The van der Waals surface area contributed by atoms with Crippen molar-refractivity contribution in [2.45, 2.75) is 32.6 Å². The summed E-state index contributed by atoms with van der Waals surface area (Å²) in [5.41, 5.74) is 0. The van der Waals surface area contributed by atoms with Gasteiger partial charge in [0, 0.05) is 6.08 Å². The van der Waals surface area contributed by atoms with Crippen LogP contribution in [0, 0.1) is 0 Å². The molecule has 0 fully saturated rings. The highest BCUT2D eigenvalue weighted by atomic mass is 16.4. The van der Waals surface area contributed by atoms with Crippen LogP contribution in [0.4, 0.5) is 0 Å². The van der Waals surface area contributed by atoms with E-state index in [1.807, 2.05) is 0 Å². The summed E-state index contributed by atoms with van der Waals surface area (Å²) in [5.74, 6) is -0.868. The third kappa shape index (κ3) is 8.95. The van der Waals surface area contributed by atoms with E-state index < -0.39 is 5.97 Å². The first-order valence-corrected chi connectivity index (χ1v) is 4.31. The Morgan fingerprint density at radius 3 is 2.33 bits per heavy atom. The minimum Gasteiger partial charge on any atom is -0.478 e. The van der Waals surface area contributed by atoms with E-state index in [1.54, 1.807) is 6.08 Å². The van der Waals surface area contributed by atoms with Crippen LogP contribution in [0.25, 0.3) is 0 Å². The van der Waals surface area contributed by atoms with E-state index in [1.165, 1.54) is 12.5 Å². The van der Waals surface area contributed by atoms with E-state index in [9.17, 15) is 4.79 Å². The number of unbranched alkanes of at least 4 members (excludes halogenated alkanes) is 2. The van der Waals surface area contributed by atoms with Crippen LogP contribution in [0.2, 0.25) is 0 Å². The fraction of sp³-hybridized carbons (Fsp3) is 0.500. The highest BCUT2D eigenvalue weighted by Crippen LogP contribution is 1.95. The first kappa shape index (κ1) is 11.0. The molecule has 0 bridgehead atoms. The van der Waals surface area contributed by atoms with Crippen molar-refractivity contribution in [3.63, 3.8) is 0 Å². The van der Waals surface area contributed by atoms with Gasteiger partial charge in [-0.25, -0.2) is 4.79 Å². The number of hydrogen-bond acceptors (Lipinski definition) is 1. The number of carboxylic acid groups (broad SMARTS) is 1. The zero-order valence-electron chi connectivity index (χ0n) is 7.49. The lowest BCUT2D eigenvalue weighted by Crippen LogP contribution is -1.85. The van der Waals surface area contributed by atoms with Gasteiger partial charge in [-0.05, 0) is 19.3 Å². The Labute approximate surface area is 73.6 Å². The second-order valence-corrected chi connectivity index (χ2v) is 2.58. The number of carboxylic acids is 1. The molecule has 68 valence electrons. The maximum absolute atomic E-state index is 10.0. The number of allylic oxidation sites excluding steroid dienone is 3. The first-order chi connectivity index (χ1) is 5.77. The largest absolute Gasteiger partial charge is 0.478 e. The van der Waals surface area contributed by atoms with Crippen LogP contribution in [0.5, 0.6) is 0 Å². The lowest BCUT2D eigenvalue weighted by molar-refractivity contribution is -0.131. The Bertz CT molecular complexity index is 169. The van der Waals surface area contributed by atoms with Crippen molar-refractivity contribution in [1.82, 2.24) is 0 Å². The van der Waals surface area contributed by atoms with Crippen LogP contribution in [0.3, 0.4) is 0 Å². The highest BCUT2D eigenvalue weighted by molar-refractivity contribution is 5.79. The molecule has 0 rings (SSSR count). The zero-order valence-corrected chi connectivity index (χ0v) is 7.49. The van der Waals surface area contributed by atoms with E-state index in [2.05, 4.69) is 19.1 Å². The van der Waals surface area contributed by atoms with Gasteiger partial charge in [0.25, 0.3) is 0 Å². The lowest BCUT2D eigenvalue weighted by Gasteiger charge is -1.86. The van der Waals surface area contributed by atoms with Gasteiger partial charge in [0.2, 0.25) is 0 Å². The third-order valence-corrected chi connectivity index (χ3v) is 1.38. The molecule has 0 aromatic heterocycles. The van der Waals surface area contributed by atoms with Gasteiger partial charge >= 0.3 is 5.97 Å². The Kier molecular flexibility index (Phi) is 7.35.